The molecule has 4 heteroatoms. The molecule has 98 valence electrons. The van der Waals surface area contributed by atoms with Crippen molar-refractivity contribution in [3.63, 3.8) is 0 Å². The van der Waals surface area contributed by atoms with Crippen molar-refractivity contribution >= 4 is 5.69 Å². The van der Waals surface area contributed by atoms with Gasteiger partial charge < -0.3 is 19.7 Å². The van der Waals surface area contributed by atoms with Gasteiger partial charge in [-0.05, 0) is 31.5 Å². The standard InChI is InChI=1S/C14H20N2O2/c1-10-6-15-11(2)8-16(7-10)12-3-4-13-14(5-12)18-9-17-13/h3-5,10-11,15H,6-9H2,1-2H3. The maximum Gasteiger partial charge on any atom is 0.231 e. The van der Waals surface area contributed by atoms with E-state index in [1.165, 1.54) is 5.69 Å². The third-order valence-electron chi connectivity index (χ3n) is 3.56. The number of hydrogen-bond acceptors (Lipinski definition) is 4. The molecule has 0 saturated carbocycles. The fourth-order valence-corrected chi connectivity index (χ4v) is 2.61. The molecule has 0 aliphatic carbocycles. The second kappa shape index (κ2) is 4.69. The van der Waals surface area contributed by atoms with Crippen molar-refractivity contribution in [2.75, 3.05) is 31.3 Å². The molecule has 18 heavy (non-hydrogen) atoms. The van der Waals surface area contributed by atoms with E-state index in [2.05, 4.69) is 36.2 Å². The molecule has 0 bridgehead atoms. The summed E-state index contributed by atoms with van der Waals surface area (Å²) in [6.07, 6.45) is 0. The Morgan fingerprint density at radius 1 is 1.17 bits per heavy atom. The van der Waals surface area contributed by atoms with Crippen LogP contribution in [-0.2, 0) is 0 Å². The molecule has 1 saturated heterocycles. The summed E-state index contributed by atoms with van der Waals surface area (Å²) in [4.78, 5) is 2.43. The van der Waals surface area contributed by atoms with E-state index in [1.807, 2.05) is 6.07 Å². The molecule has 2 unspecified atom stereocenters. The normalized spacial score (nSPS) is 27.1. The lowest BCUT2D eigenvalue weighted by molar-refractivity contribution is 0.174. The van der Waals surface area contributed by atoms with Crippen molar-refractivity contribution < 1.29 is 9.47 Å². The smallest absolute Gasteiger partial charge is 0.231 e. The molecular weight excluding hydrogens is 228 g/mol. The molecule has 1 aromatic carbocycles. The average molecular weight is 248 g/mol. The van der Waals surface area contributed by atoms with E-state index in [4.69, 9.17) is 9.47 Å². The van der Waals surface area contributed by atoms with Crippen LogP contribution in [-0.4, -0.2) is 32.5 Å². The van der Waals surface area contributed by atoms with E-state index < -0.39 is 0 Å². The van der Waals surface area contributed by atoms with Crippen molar-refractivity contribution in [1.82, 2.24) is 5.32 Å². The SMILES string of the molecule is CC1CNC(C)CN(c2ccc3c(c2)OCO3)C1. The van der Waals surface area contributed by atoms with Crippen LogP contribution in [0.2, 0.25) is 0 Å². The summed E-state index contributed by atoms with van der Waals surface area (Å²) >= 11 is 0. The number of rotatable bonds is 1. The Hall–Kier alpha value is -1.42. The molecule has 3 rings (SSSR count). The van der Waals surface area contributed by atoms with E-state index in [0.29, 0.717) is 18.8 Å². The van der Waals surface area contributed by atoms with Crippen LogP contribution in [0.25, 0.3) is 0 Å². The molecule has 4 nitrogen and oxygen atoms in total. The van der Waals surface area contributed by atoms with Gasteiger partial charge in [0.15, 0.2) is 11.5 Å². The van der Waals surface area contributed by atoms with Crippen LogP contribution >= 0.6 is 0 Å². The largest absolute Gasteiger partial charge is 0.454 e. The highest BCUT2D eigenvalue weighted by Crippen LogP contribution is 2.35. The van der Waals surface area contributed by atoms with Crippen molar-refractivity contribution in [2.45, 2.75) is 19.9 Å². The van der Waals surface area contributed by atoms with Gasteiger partial charge in [-0.3, -0.25) is 0 Å². The van der Waals surface area contributed by atoms with Gasteiger partial charge in [-0.2, -0.15) is 0 Å². The molecule has 1 aromatic rings. The van der Waals surface area contributed by atoms with Gasteiger partial charge in [0.2, 0.25) is 6.79 Å². The maximum atomic E-state index is 5.45. The second-order valence-corrected chi connectivity index (χ2v) is 5.36. The highest BCUT2D eigenvalue weighted by atomic mass is 16.7. The molecule has 2 heterocycles. The predicted octanol–water partition coefficient (Wildman–Crippen LogP) is 1.85. The first-order chi connectivity index (χ1) is 8.72. The Morgan fingerprint density at radius 3 is 2.89 bits per heavy atom. The number of hydrogen-bond donors (Lipinski definition) is 1. The molecule has 2 aliphatic rings. The molecule has 0 amide bonds. The zero-order chi connectivity index (χ0) is 12.5. The summed E-state index contributed by atoms with van der Waals surface area (Å²) in [5.74, 6) is 2.37. The topological polar surface area (TPSA) is 33.7 Å². The Morgan fingerprint density at radius 2 is 2.00 bits per heavy atom. The van der Waals surface area contributed by atoms with E-state index in [1.54, 1.807) is 0 Å². The summed E-state index contributed by atoms with van der Waals surface area (Å²) in [7, 11) is 0. The van der Waals surface area contributed by atoms with Crippen LogP contribution in [0.15, 0.2) is 18.2 Å². The lowest BCUT2D eigenvalue weighted by atomic mass is 10.1. The fourth-order valence-electron chi connectivity index (χ4n) is 2.61. The van der Waals surface area contributed by atoms with Gasteiger partial charge in [0.25, 0.3) is 0 Å². The highest BCUT2D eigenvalue weighted by molar-refractivity contribution is 5.57. The molecule has 1 N–H and O–H groups in total. The maximum absolute atomic E-state index is 5.45. The van der Waals surface area contributed by atoms with E-state index in [-0.39, 0.29) is 0 Å². The van der Waals surface area contributed by atoms with Crippen molar-refractivity contribution in [3.8, 4) is 11.5 Å². The number of anilines is 1. The number of nitrogens with one attached hydrogen (secondary N) is 1. The van der Waals surface area contributed by atoms with Crippen molar-refractivity contribution in [1.29, 1.82) is 0 Å². The predicted molar refractivity (Wildman–Crippen MR) is 71.4 cm³/mol. The van der Waals surface area contributed by atoms with Gasteiger partial charge >= 0.3 is 0 Å². The number of benzene rings is 1. The van der Waals surface area contributed by atoms with Gasteiger partial charge in [-0.1, -0.05) is 6.92 Å². The minimum Gasteiger partial charge on any atom is -0.454 e. The van der Waals surface area contributed by atoms with Gasteiger partial charge in [0, 0.05) is 30.9 Å². The minimum absolute atomic E-state index is 0.340. The number of fused-ring (bicyclic) bond motifs is 1. The zero-order valence-electron chi connectivity index (χ0n) is 11.0. The first kappa shape index (κ1) is 11.7. The molecule has 0 spiro atoms. The van der Waals surface area contributed by atoms with Crippen molar-refractivity contribution in [2.24, 2.45) is 5.92 Å². The first-order valence-corrected chi connectivity index (χ1v) is 6.60. The lowest BCUT2D eigenvalue weighted by Crippen LogP contribution is -2.35. The summed E-state index contributed by atoms with van der Waals surface area (Å²) in [5, 5.41) is 3.55. The molecule has 0 aromatic heterocycles. The van der Waals surface area contributed by atoms with E-state index >= 15 is 0 Å². The highest BCUT2D eigenvalue weighted by Gasteiger charge is 2.21. The van der Waals surface area contributed by atoms with Crippen molar-refractivity contribution in [3.05, 3.63) is 18.2 Å². The van der Waals surface area contributed by atoms with Crippen LogP contribution < -0.4 is 19.7 Å². The van der Waals surface area contributed by atoms with Crippen LogP contribution in [0.3, 0.4) is 0 Å². The van der Waals surface area contributed by atoms with E-state index in [0.717, 1.165) is 31.1 Å². The third kappa shape index (κ3) is 2.25. The fraction of sp³-hybridized carbons (Fsp3) is 0.571. The summed E-state index contributed by atoms with van der Waals surface area (Å²) in [6, 6.07) is 6.73. The van der Waals surface area contributed by atoms with Crippen LogP contribution in [0.5, 0.6) is 11.5 Å². The second-order valence-electron chi connectivity index (χ2n) is 5.36. The summed E-state index contributed by atoms with van der Waals surface area (Å²) in [5.41, 5.74) is 1.22. The molecule has 2 atom stereocenters. The summed E-state index contributed by atoms with van der Waals surface area (Å²) < 4.78 is 10.8. The Labute approximate surface area is 108 Å². The van der Waals surface area contributed by atoms with Crippen LogP contribution in [0, 0.1) is 5.92 Å². The number of nitrogens with zero attached hydrogens (tertiary/aromatic N) is 1. The monoisotopic (exact) mass is 248 g/mol. The molecule has 0 radical (unpaired) electrons. The van der Waals surface area contributed by atoms with Crippen LogP contribution in [0.4, 0.5) is 5.69 Å². The minimum atomic E-state index is 0.340. The van der Waals surface area contributed by atoms with Gasteiger partial charge in [-0.25, -0.2) is 0 Å². The van der Waals surface area contributed by atoms with Crippen LogP contribution in [0.1, 0.15) is 13.8 Å². The third-order valence-corrected chi connectivity index (χ3v) is 3.56. The Kier molecular flexibility index (Phi) is 3.04. The number of ether oxygens (including phenoxy) is 2. The summed E-state index contributed by atoms with van der Waals surface area (Å²) in [6.45, 7) is 8.05. The Balaban J connectivity index is 1.84. The quantitative estimate of drug-likeness (QED) is 0.822. The van der Waals surface area contributed by atoms with Gasteiger partial charge in [-0.15, -0.1) is 0 Å². The molecular formula is C14H20N2O2. The zero-order valence-corrected chi connectivity index (χ0v) is 11.0. The average Bonchev–Trinajstić information content (AvgIpc) is 2.75. The Bertz CT molecular complexity index is 424. The molecule has 2 aliphatic heterocycles. The van der Waals surface area contributed by atoms with Gasteiger partial charge in [0.1, 0.15) is 0 Å². The molecule has 1 fully saturated rings. The first-order valence-electron chi connectivity index (χ1n) is 6.60. The van der Waals surface area contributed by atoms with Gasteiger partial charge in [0.05, 0.1) is 0 Å². The van der Waals surface area contributed by atoms with E-state index in [9.17, 15) is 0 Å². The lowest BCUT2D eigenvalue weighted by Gasteiger charge is -2.26.